The van der Waals surface area contributed by atoms with Gasteiger partial charge in [-0.05, 0) is 38.8 Å². The van der Waals surface area contributed by atoms with E-state index in [2.05, 4.69) is 10.0 Å². The maximum absolute atomic E-state index is 12.4. The van der Waals surface area contributed by atoms with Gasteiger partial charge in [-0.25, -0.2) is 13.1 Å². The van der Waals surface area contributed by atoms with Gasteiger partial charge < -0.3 is 5.32 Å². The molecule has 1 aliphatic rings. The van der Waals surface area contributed by atoms with Crippen LogP contribution in [-0.2, 0) is 10.0 Å². The van der Waals surface area contributed by atoms with Gasteiger partial charge in [-0.2, -0.15) is 0 Å². The first-order valence-corrected chi connectivity index (χ1v) is 8.85. The van der Waals surface area contributed by atoms with Gasteiger partial charge >= 0.3 is 0 Å². The number of para-hydroxylation sites is 1. The van der Waals surface area contributed by atoms with E-state index >= 15 is 0 Å². The van der Waals surface area contributed by atoms with E-state index in [0.717, 1.165) is 12.8 Å². The van der Waals surface area contributed by atoms with Crippen LogP contribution in [0.5, 0.6) is 0 Å². The molecule has 0 radical (unpaired) electrons. The molecule has 1 saturated carbocycles. The normalized spacial score (nSPS) is 17.4. The van der Waals surface area contributed by atoms with Gasteiger partial charge in [-0.1, -0.05) is 31.4 Å². The molecule has 1 aliphatic carbocycles. The molecule has 0 amide bonds. The Morgan fingerprint density at radius 2 is 1.75 bits per heavy atom. The minimum Gasteiger partial charge on any atom is -0.381 e. The lowest BCUT2D eigenvalue weighted by atomic mass is 9.95. The molecule has 2 rings (SSSR count). The summed E-state index contributed by atoms with van der Waals surface area (Å²) in [4.78, 5) is 0.347. The van der Waals surface area contributed by atoms with E-state index in [9.17, 15) is 8.42 Å². The zero-order valence-corrected chi connectivity index (χ0v) is 13.0. The molecule has 20 heavy (non-hydrogen) atoms. The summed E-state index contributed by atoms with van der Waals surface area (Å²) in [6.45, 7) is 3.66. The number of sulfonamides is 1. The highest BCUT2D eigenvalue weighted by atomic mass is 32.2. The third-order valence-corrected chi connectivity index (χ3v) is 5.25. The fraction of sp³-hybridized carbons (Fsp3) is 0.600. The number of hydrogen-bond donors (Lipinski definition) is 2. The predicted octanol–water partition coefficient (Wildman–Crippen LogP) is 3.12. The molecule has 0 unspecified atom stereocenters. The van der Waals surface area contributed by atoms with Crippen molar-refractivity contribution in [3.05, 3.63) is 24.3 Å². The molecule has 0 atom stereocenters. The van der Waals surface area contributed by atoms with Crippen molar-refractivity contribution in [2.75, 3.05) is 5.32 Å². The van der Waals surface area contributed by atoms with E-state index in [-0.39, 0.29) is 6.04 Å². The summed E-state index contributed by atoms with van der Waals surface area (Å²) in [5, 5.41) is 3.41. The van der Waals surface area contributed by atoms with Gasteiger partial charge in [0.05, 0.1) is 5.69 Å². The summed E-state index contributed by atoms with van der Waals surface area (Å²) in [6.07, 6.45) is 5.96. The van der Waals surface area contributed by atoms with Crippen LogP contribution in [0, 0.1) is 0 Å². The molecule has 2 N–H and O–H groups in total. The van der Waals surface area contributed by atoms with Crippen LogP contribution in [0.1, 0.15) is 46.0 Å². The van der Waals surface area contributed by atoms with Crippen LogP contribution in [0.25, 0.3) is 0 Å². The Hall–Kier alpha value is -1.07. The Balaban J connectivity index is 2.21. The van der Waals surface area contributed by atoms with Crippen LogP contribution in [0.3, 0.4) is 0 Å². The lowest BCUT2D eigenvalue weighted by molar-refractivity contribution is 0.462. The topological polar surface area (TPSA) is 58.2 Å². The Morgan fingerprint density at radius 3 is 2.40 bits per heavy atom. The molecular formula is C15H24N2O2S. The number of anilines is 1. The number of hydrogen-bond acceptors (Lipinski definition) is 3. The van der Waals surface area contributed by atoms with Crippen LogP contribution in [-0.4, -0.2) is 20.5 Å². The van der Waals surface area contributed by atoms with Crippen LogP contribution in [0.4, 0.5) is 5.69 Å². The Bertz CT molecular complexity index is 535. The summed E-state index contributed by atoms with van der Waals surface area (Å²) in [7, 11) is -3.45. The highest BCUT2D eigenvalue weighted by molar-refractivity contribution is 7.89. The van der Waals surface area contributed by atoms with Gasteiger partial charge in [0.15, 0.2) is 0 Å². The summed E-state index contributed by atoms with van der Waals surface area (Å²) >= 11 is 0. The van der Waals surface area contributed by atoms with Crippen molar-refractivity contribution in [1.82, 2.24) is 4.72 Å². The largest absolute Gasteiger partial charge is 0.381 e. The van der Waals surface area contributed by atoms with E-state index in [1.165, 1.54) is 19.3 Å². The Labute approximate surface area is 122 Å². The Kier molecular flexibility index (Phi) is 5.05. The van der Waals surface area contributed by atoms with Gasteiger partial charge in [-0.15, -0.1) is 0 Å². The standard InChI is InChI=1S/C15H24N2O2S/c1-12(2)17-20(18,19)15-11-7-6-10-14(15)16-13-8-4-3-5-9-13/h6-7,10-13,16-17H,3-5,8-9H2,1-2H3. The maximum Gasteiger partial charge on any atom is 0.242 e. The lowest BCUT2D eigenvalue weighted by Crippen LogP contribution is -2.31. The third kappa shape index (κ3) is 3.96. The summed E-state index contributed by atoms with van der Waals surface area (Å²) in [6, 6.07) is 7.43. The van der Waals surface area contributed by atoms with E-state index in [4.69, 9.17) is 0 Å². The van der Waals surface area contributed by atoms with Crippen molar-refractivity contribution in [2.45, 2.75) is 62.9 Å². The SMILES string of the molecule is CC(C)NS(=O)(=O)c1ccccc1NC1CCCCC1. The molecule has 0 aromatic heterocycles. The van der Waals surface area contributed by atoms with Gasteiger partial charge in [0.1, 0.15) is 4.90 Å². The molecule has 1 aromatic carbocycles. The monoisotopic (exact) mass is 296 g/mol. The average Bonchev–Trinajstić information content (AvgIpc) is 2.39. The summed E-state index contributed by atoms with van der Waals surface area (Å²) < 4.78 is 27.4. The first-order chi connectivity index (χ1) is 9.49. The van der Waals surface area contributed by atoms with Crippen molar-refractivity contribution in [3.8, 4) is 0 Å². The molecule has 0 saturated heterocycles. The first kappa shape index (κ1) is 15.3. The molecule has 4 nitrogen and oxygen atoms in total. The zero-order valence-electron chi connectivity index (χ0n) is 12.2. The van der Waals surface area contributed by atoms with Crippen molar-refractivity contribution in [2.24, 2.45) is 0 Å². The summed E-state index contributed by atoms with van der Waals surface area (Å²) in [5.41, 5.74) is 0.715. The highest BCUT2D eigenvalue weighted by Gasteiger charge is 2.21. The van der Waals surface area contributed by atoms with Crippen molar-refractivity contribution in [3.63, 3.8) is 0 Å². The number of nitrogens with one attached hydrogen (secondary N) is 2. The van der Waals surface area contributed by atoms with Crippen molar-refractivity contribution in [1.29, 1.82) is 0 Å². The molecule has 112 valence electrons. The van der Waals surface area contributed by atoms with Gasteiger partial charge in [0.2, 0.25) is 10.0 Å². The number of rotatable bonds is 5. The second-order valence-corrected chi connectivity index (χ2v) is 7.43. The fourth-order valence-corrected chi connectivity index (χ4v) is 4.08. The molecule has 0 aliphatic heterocycles. The average molecular weight is 296 g/mol. The van der Waals surface area contributed by atoms with Crippen molar-refractivity contribution >= 4 is 15.7 Å². The van der Waals surface area contributed by atoms with E-state index < -0.39 is 10.0 Å². The van der Waals surface area contributed by atoms with Gasteiger partial charge in [-0.3, -0.25) is 0 Å². The Morgan fingerprint density at radius 1 is 1.10 bits per heavy atom. The molecule has 0 spiro atoms. The van der Waals surface area contributed by atoms with E-state index in [1.807, 2.05) is 26.0 Å². The third-order valence-electron chi connectivity index (χ3n) is 3.53. The van der Waals surface area contributed by atoms with Crippen LogP contribution in [0.15, 0.2) is 29.2 Å². The fourth-order valence-electron chi connectivity index (χ4n) is 2.66. The molecule has 1 fully saturated rings. The maximum atomic E-state index is 12.4. The highest BCUT2D eigenvalue weighted by Crippen LogP contribution is 2.26. The van der Waals surface area contributed by atoms with E-state index in [0.29, 0.717) is 16.6 Å². The van der Waals surface area contributed by atoms with E-state index in [1.54, 1.807) is 12.1 Å². The molecule has 1 aromatic rings. The second kappa shape index (κ2) is 6.59. The van der Waals surface area contributed by atoms with Crippen LogP contribution in [0.2, 0.25) is 0 Å². The lowest BCUT2D eigenvalue weighted by Gasteiger charge is -2.25. The number of benzene rings is 1. The van der Waals surface area contributed by atoms with Crippen LogP contribution < -0.4 is 10.0 Å². The molecule has 0 heterocycles. The molecule has 5 heteroatoms. The first-order valence-electron chi connectivity index (χ1n) is 7.37. The summed E-state index contributed by atoms with van der Waals surface area (Å²) in [5.74, 6) is 0. The predicted molar refractivity (Wildman–Crippen MR) is 82.4 cm³/mol. The van der Waals surface area contributed by atoms with Crippen LogP contribution >= 0.6 is 0 Å². The second-order valence-electron chi connectivity index (χ2n) is 5.75. The smallest absolute Gasteiger partial charge is 0.242 e. The van der Waals surface area contributed by atoms with Crippen molar-refractivity contribution < 1.29 is 8.42 Å². The molecular weight excluding hydrogens is 272 g/mol. The van der Waals surface area contributed by atoms with Gasteiger partial charge in [0.25, 0.3) is 0 Å². The minimum atomic E-state index is -3.45. The molecule has 0 bridgehead atoms. The quantitative estimate of drug-likeness (QED) is 0.877. The minimum absolute atomic E-state index is 0.109. The van der Waals surface area contributed by atoms with Gasteiger partial charge in [0, 0.05) is 12.1 Å². The zero-order chi connectivity index (χ0) is 14.6.